The number of hydrogen-bond donors (Lipinski definition) is 1. The molecule has 0 amide bonds. The standard InChI is InChI=1S/C16H17N3O/c1-3-14(12-7-5-4-6-11(12)2)19-15-13-8-9-20-16(13)18-10-17-15/h4-10,14H,3H2,1-2H3,(H,17,18,19). The van der Waals surface area contributed by atoms with E-state index in [2.05, 4.69) is 53.4 Å². The summed E-state index contributed by atoms with van der Waals surface area (Å²) < 4.78 is 5.31. The Kier molecular flexibility index (Phi) is 3.37. The minimum atomic E-state index is 0.226. The predicted octanol–water partition coefficient (Wildman–Crippen LogP) is 4.09. The van der Waals surface area contributed by atoms with E-state index in [1.54, 1.807) is 6.26 Å². The lowest BCUT2D eigenvalue weighted by molar-refractivity contribution is 0.602. The number of benzene rings is 1. The molecule has 2 aromatic heterocycles. The van der Waals surface area contributed by atoms with E-state index in [1.807, 2.05) is 6.07 Å². The highest BCUT2D eigenvalue weighted by molar-refractivity contribution is 5.85. The van der Waals surface area contributed by atoms with Gasteiger partial charge < -0.3 is 9.73 Å². The molecule has 0 aliphatic heterocycles. The molecule has 1 atom stereocenters. The number of furan rings is 1. The third-order valence-electron chi connectivity index (χ3n) is 3.54. The van der Waals surface area contributed by atoms with Crippen LogP contribution in [0.3, 0.4) is 0 Å². The van der Waals surface area contributed by atoms with Crippen LogP contribution < -0.4 is 5.32 Å². The summed E-state index contributed by atoms with van der Waals surface area (Å²) in [5.41, 5.74) is 3.19. The van der Waals surface area contributed by atoms with Crippen LogP contribution in [-0.4, -0.2) is 9.97 Å². The number of rotatable bonds is 4. The van der Waals surface area contributed by atoms with Crippen molar-refractivity contribution in [3.05, 3.63) is 54.0 Å². The van der Waals surface area contributed by atoms with Crippen LogP contribution >= 0.6 is 0 Å². The molecule has 102 valence electrons. The van der Waals surface area contributed by atoms with Crippen LogP contribution in [-0.2, 0) is 0 Å². The Morgan fingerprint density at radius 1 is 1.20 bits per heavy atom. The summed E-state index contributed by atoms with van der Waals surface area (Å²) in [6.07, 6.45) is 4.15. The molecule has 0 saturated heterocycles. The van der Waals surface area contributed by atoms with Gasteiger partial charge in [0.25, 0.3) is 0 Å². The van der Waals surface area contributed by atoms with Crippen molar-refractivity contribution in [3.63, 3.8) is 0 Å². The summed E-state index contributed by atoms with van der Waals surface area (Å²) in [7, 11) is 0. The van der Waals surface area contributed by atoms with Gasteiger partial charge in [-0.25, -0.2) is 9.97 Å². The van der Waals surface area contributed by atoms with E-state index in [4.69, 9.17) is 4.42 Å². The number of nitrogens with one attached hydrogen (secondary N) is 1. The van der Waals surface area contributed by atoms with Gasteiger partial charge in [0.1, 0.15) is 12.1 Å². The second kappa shape index (κ2) is 5.33. The minimum Gasteiger partial charge on any atom is -0.446 e. The van der Waals surface area contributed by atoms with Crippen molar-refractivity contribution < 1.29 is 4.42 Å². The number of aryl methyl sites for hydroxylation is 1. The average molecular weight is 267 g/mol. The van der Waals surface area contributed by atoms with Gasteiger partial charge in [0, 0.05) is 0 Å². The summed E-state index contributed by atoms with van der Waals surface area (Å²) >= 11 is 0. The maximum atomic E-state index is 5.31. The normalized spacial score (nSPS) is 12.5. The molecule has 0 aliphatic rings. The Bertz CT molecular complexity index is 720. The molecule has 0 aliphatic carbocycles. The lowest BCUT2D eigenvalue weighted by Crippen LogP contribution is -2.12. The molecular weight excluding hydrogens is 250 g/mol. The quantitative estimate of drug-likeness (QED) is 0.773. The van der Waals surface area contributed by atoms with E-state index >= 15 is 0 Å². The number of nitrogens with zero attached hydrogens (tertiary/aromatic N) is 2. The van der Waals surface area contributed by atoms with E-state index in [0.717, 1.165) is 17.6 Å². The number of hydrogen-bond acceptors (Lipinski definition) is 4. The van der Waals surface area contributed by atoms with Gasteiger partial charge in [0.05, 0.1) is 17.7 Å². The molecule has 0 spiro atoms. The van der Waals surface area contributed by atoms with Crippen molar-refractivity contribution in [1.29, 1.82) is 0 Å². The molecule has 0 bridgehead atoms. The highest BCUT2D eigenvalue weighted by Crippen LogP contribution is 2.27. The van der Waals surface area contributed by atoms with Crippen LogP contribution in [0.25, 0.3) is 11.1 Å². The van der Waals surface area contributed by atoms with Crippen LogP contribution in [0.15, 0.2) is 47.3 Å². The zero-order chi connectivity index (χ0) is 13.9. The summed E-state index contributed by atoms with van der Waals surface area (Å²) in [6.45, 7) is 4.30. The van der Waals surface area contributed by atoms with Gasteiger partial charge in [-0.1, -0.05) is 31.2 Å². The van der Waals surface area contributed by atoms with Crippen LogP contribution in [0.5, 0.6) is 0 Å². The Morgan fingerprint density at radius 3 is 2.85 bits per heavy atom. The van der Waals surface area contributed by atoms with Crippen molar-refractivity contribution in [2.75, 3.05) is 5.32 Å². The maximum absolute atomic E-state index is 5.31. The molecule has 1 N–H and O–H groups in total. The van der Waals surface area contributed by atoms with Crippen molar-refractivity contribution >= 4 is 16.9 Å². The largest absolute Gasteiger partial charge is 0.446 e. The van der Waals surface area contributed by atoms with Crippen LogP contribution in [0.1, 0.15) is 30.5 Å². The highest BCUT2D eigenvalue weighted by Gasteiger charge is 2.14. The van der Waals surface area contributed by atoms with Crippen LogP contribution in [0.2, 0.25) is 0 Å². The SMILES string of the molecule is CCC(Nc1ncnc2occc12)c1ccccc1C. The van der Waals surface area contributed by atoms with Gasteiger partial charge in [-0.15, -0.1) is 0 Å². The second-order valence-corrected chi connectivity index (χ2v) is 4.82. The van der Waals surface area contributed by atoms with E-state index in [1.165, 1.54) is 17.5 Å². The maximum Gasteiger partial charge on any atom is 0.231 e. The molecule has 1 unspecified atom stereocenters. The zero-order valence-electron chi connectivity index (χ0n) is 11.6. The van der Waals surface area contributed by atoms with E-state index < -0.39 is 0 Å². The lowest BCUT2D eigenvalue weighted by Gasteiger charge is -2.20. The lowest BCUT2D eigenvalue weighted by atomic mass is 9.99. The van der Waals surface area contributed by atoms with Crippen molar-refractivity contribution in [2.24, 2.45) is 0 Å². The molecule has 20 heavy (non-hydrogen) atoms. The molecule has 1 aromatic carbocycles. The molecule has 2 heterocycles. The molecule has 0 saturated carbocycles. The first-order valence-electron chi connectivity index (χ1n) is 6.80. The molecule has 3 rings (SSSR count). The van der Waals surface area contributed by atoms with Gasteiger partial charge in [0.2, 0.25) is 5.71 Å². The van der Waals surface area contributed by atoms with Crippen molar-refractivity contribution in [2.45, 2.75) is 26.3 Å². The fraction of sp³-hybridized carbons (Fsp3) is 0.250. The van der Waals surface area contributed by atoms with E-state index in [-0.39, 0.29) is 6.04 Å². The summed E-state index contributed by atoms with van der Waals surface area (Å²) in [5, 5.41) is 4.42. The molecule has 3 aromatic rings. The van der Waals surface area contributed by atoms with Gasteiger partial charge in [-0.3, -0.25) is 0 Å². The zero-order valence-corrected chi connectivity index (χ0v) is 11.6. The average Bonchev–Trinajstić information content (AvgIpc) is 2.95. The molecule has 0 radical (unpaired) electrons. The topological polar surface area (TPSA) is 51.0 Å². The Balaban J connectivity index is 1.96. The Hall–Kier alpha value is -2.36. The smallest absolute Gasteiger partial charge is 0.231 e. The monoisotopic (exact) mass is 267 g/mol. The van der Waals surface area contributed by atoms with Gasteiger partial charge in [-0.2, -0.15) is 0 Å². The number of anilines is 1. The van der Waals surface area contributed by atoms with Crippen LogP contribution in [0, 0.1) is 6.92 Å². The van der Waals surface area contributed by atoms with E-state index in [9.17, 15) is 0 Å². The Labute approximate surface area is 117 Å². The molecule has 0 fully saturated rings. The number of fused-ring (bicyclic) bond motifs is 1. The van der Waals surface area contributed by atoms with Gasteiger partial charge >= 0.3 is 0 Å². The molecule has 4 nitrogen and oxygen atoms in total. The fourth-order valence-corrected chi connectivity index (χ4v) is 2.45. The molecule has 4 heteroatoms. The van der Waals surface area contributed by atoms with Crippen molar-refractivity contribution in [3.8, 4) is 0 Å². The fourth-order valence-electron chi connectivity index (χ4n) is 2.45. The predicted molar refractivity (Wildman–Crippen MR) is 79.6 cm³/mol. The number of aromatic nitrogens is 2. The summed E-state index contributed by atoms with van der Waals surface area (Å²) in [6, 6.07) is 10.5. The van der Waals surface area contributed by atoms with Crippen molar-refractivity contribution in [1.82, 2.24) is 9.97 Å². The third kappa shape index (κ3) is 2.25. The van der Waals surface area contributed by atoms with E-state index in [0.29, 0.717) is 5.71 Å². The summed E-state index contributed by atoms with van der Waals surface area (Å²) in [5.74, 6) is 0.818. The van der Waals surface area contributed by atoms with Crippen LogP contribution in [0.4, 0.5) is 5.82 Å². The first-order valence-corrected chi connectivity index (χ1v) is 6.80. The minimum absolute atomic E-state index is 0.226. The third-order valence-corrected chi connectivity index (χ3v) is 3.54. The highest BCUT2D eigenvalue weighted by atomic mass is 16.3. The summed E-state index contributed by atoms with van der Waals surface area (Å²) in [4.78, 5) is 8.45. The van der Waals surface area contributed by atoms with Gasteiger partial charge in [-0.05, 0) is 30.5 Å². The first kappa shape index (κ1) is 12.7. The second-order valence-electron chi connectivity index (χ2n) is 4.82. The molecular formula is C16H17N3O. The first-order chi connectivity index (χ1) is 9.79. The Morgan fingerprint density at radius 2 is 2.05 bits per heavy atom. The van der Waals surface area contributed by atoms with Gasteiger partial charge in [0.15, 0.2) is 0 Å².